The number of fused-ring (bicyclic) bond motifs is 1. The molecule has 5 nitrogen and oxygen atoms in total. The standard InChI is InChI=1S/C15H18N2O3S/c1-20-15(19)12-10-3-2-4-11(10)21-14(12)17-13(18)8-5-6-9(16)7-8/h5-6,8-9H,2-4,7,16H2,1H3,(H,17,18). The number of carbonyl (C=O) groups is 2. The van der Waals surface area contributed by atoms with E-state index in [1.54, 1.807) is 0 Å². The summed E-state index contributed by atoms with van der Waals surface area (Å²) in [6.07, 6.45) is 7.19. The van der Waals surface area contributed by atoms with Gasteiger partial charge < -0.3 is 15.8 Å². The number of rotatable bonds is 3. The fourth-order valence-corrected chi connectivity index (χ4v) is 4.22. The minimum atomic E-state index is -0.372. The van der Waals surface area contributed by atoms with Crippen molar-refractivity contribution >= 4 is 28.2 Å². The normalized spacial score (nSPS) is 23.1. The van der Waals surface area contributed by atoms with Crippen LogP contribution in [0.5, 0.6) is 0 Å². The number of ether oxygens (including phenoxy) is 1. The van der Waals surface area contributed by atoms with Gasteiger partial charge in [0.15, 0.2) is 0 Å². The first-order chi connectivity index (χ1) is 10.1. The van der Waals surface area contributed by atoms with Crippen LogP contribution in [-0.2, 0) is 22.4 Å². The molecule has 0 aliphatic heterocycles. The highest BCUT2D eigenvalue weighted by Gasteiger charge is 2.30. The number of aryl methyl sites for hydroxylation is 1. The van der Waals surface area contributed by atoms with Crippen LogP contribution in [0.3, 0.4) is 0 Å². The van der Waals surface area contributed by atoms with Gasteiger partial charge in [-0.2, -0.15) is 0 Å². The minimum Gasteiger partial charge on any atom is -0.465 e. The first-order valence-corrected chi connectivity index (χ1v) is 7.89. The lowest BCUT2D eigenvalue weighted by Gasteiger charge is -2.11. The van der Waals surface area contributed by atoms with Crippen LogP contribution in [0, 0.1) is 5.92 Å². The Labute approximate surface area is 127 Å². The Morgan fingerprint density at radius 2 is 2.19 bits per heavy atom. The Bertz CT molecular complexity index is 621. The van der Waals surface area contributed by atoms with E-state index in [1.807, 2.05) is 12.2 Å². The van der Waals surface area contributed by atoms with E-state index in [0.29, 0.717) is 17.0 Å². The zero-order valence-electron chi connectivity index (χ0n) is 11.8. The van der Waals surface area contributed by atoms with E-state index in [1.165, 1.54) is 23.3 Å². The molecule has 6 heteroatoms. The summed E-state index contributed by atoms with van der Waals surface area (Å²) < 4.78 is 4.87. The maximum absolute atomic E-state index is 12.3. The molecule has 112 valence electrons. The van der Waals surface area contributed by atoms with E-state index in [2.05, 4.69) is 5.32 Å². The third-order valence-electron chi connectivity index (χ3n) is 4.00. The summed E-state index contributed by atoms with van der Waals surface area (Å²) >= 11 is 1.49. The Balaban J connectivity index is 1.84. The molecular formula is C15H18N2O3S. The molecule has 1 amide bonds. The molecule has 0 spiro atoms. The lowest BCUT2D eigenvalue weighted by atomic mass is 10.1. The van der Waals surface area contributed by atoms with Gasteiger partial charge in [0.25, 0.3) is 0 Å². The molecule has 1 aromatic rings. The summed E-state index contributed by atoms with van der Waals surface area (Å²) in [7, 11) is 1.37. The summed E-state index contributed by atoms with van der Waals surface area (Å²) in [4.78, 5) is 25.5. The molecule has 0 bridgehead atoms. The van der Waals surface area contributed by atoms with Crippen LogP contribution in [-0.4, -0.2) is 25.0 Å². The van der Waals surface area contributed by atoms with E-state index in [4.69, 9.17) is 10.5 Å². The topological polar surface area (TPSA) is 81.4 Å². The molecule has 0 aromatic carbocycles. The number of nitrogens with one attached hydrogen (secondary N) is 1. The quantitative estimate of drug-likeness (QED) is 0.660. The van der Waals surface area contributed by atoms with Crippen LogP contribution in [0.1, 0.15) is 33.6 Å². The highest BCUT2D eigenvalue weighted by Crippen LogP contribution is 2.39. The van der Waals surface area contributed by atoms with Gasteiger partial charge in [0.1, 0.15) is 5.00 Å². The third-order valence-corrected chi connectivity index (χ3v) is 5.21. The average molecular weight is 306 g/mol. The van der Waals surface area contributed by atoms with Crippen LogP contribution < -0.4 is 11.1 Å². The largest absolute Gasteiger partial charge is 0.465 e. The van der Waals surface area contributed by atoms with Gasteiger partial charge in [0.2, 0.25) is 5.91 Å². The minimum absolute atomic E-state index is 0.0610. The third kappa shape index (κ3) is 2.61. The number of thiophene rings is 1. The molecule has 2 atom stereocenters. The summed E-state index contributed by atoms with van der Waals surface area (Å²) in [5.41, 5.74) is 7.36. The van der Waals surface area contributed by atoms with Gasteiger partial charge >= 0.3 is 5.97 Å². The molecule has 1 heterocycles. The Morgan fingerprint density at radius 3 is 2.86 bits per heavy atom. The zero-order valence-corrected chi connectivity index (χ0v) is 12.7. The smallest absolute Gasteiger partial charge is 0.341 e. The maximum Gasteiger partial charge on any atom is 0.341 e. The van der Waals surface area contributed by atoms with Crippen molar-refractivity contribution < 1.29 is 14.3 Å². The van der Waals surface area contributed by atoms with Gasteiger partial charge in [-0.05, 0) is 31.2 Å². The lowest BCUT2D eigenvalue weighted by molar-refractivity contribution is -0.118. The number of hydrogen-bond acceptors (Lipinski definition) is 5. The molecule has 2 aliphatic rings. The summed E-state index contributed by atoms with van der Waals surface area (Å²) in [5.74, 6) is -0.699. The average Bonchev–Trinajstić information content (AvgIpc) is 3.13. The molecule has 3 N–H and O–H groups in total. The van der Waals surface area contributed by atoms with Crippen LogP contribution in [0.2, 0.25) is 0 Å². The van der Waals surface area contributed by atoms with E-state index in [-0.39, 0.29) is 23.8 Å². The number of amides is 1. The van der Waals surface area contributed by atoms with Crippen molar-refractivity contribution in [3.8, 4) is 0 Å². The van der Waals surface area contributed by atoms with Crippen molar-refractivity contribution in [2.45, 2.75) is 31.7 Å². The lowest BCUT2D eigenvalue weighted by Crippen LogP contribution is -2.24. The predicted octanol–water partition coefficient (Wildman–Crippen LogP) is 1.87. The van der Waals surface area contributed by atoms with Gasteiger partial charge in [-0.25, -0.2) is 4.79 Å². The highest BCUT2D eigenvalue weighted by molar-refractivity contribution is 7.17. The molecule has 21 heavy (non-hydrogen) atoms. The summed E-state index contributed by atoms with van der Waals surface area (Å²) in [5, 5.41) is 3.51. The van der Waals surface area contributed by atoms with E-state index in [0.717, 1.165) is 24.8 Å². The molecular weight excluding hydrogens is 288 g/mol. The van der Waals surface area contributed by atoms with Gasteiger partial charge in [0.05, 0.1) is 18.6 Å². The summed E-state index contributed by atoms with van der Waals surface area (Å²) in [6, 6.07) is -0.0610. The van der Waals surface area contributed by atoms with Crippen molar-refractivity contribution in [3.05, 3.63) is 28.2 Å². The molecule has 1 aromatic heterocycles. The van der Waals surface area contributed by atoms with Crippen LogP contribution >= 0.6 is 11.3 Å². The van der Waals surface area contributed by atoms with Gasteiger partial charge in [0, 0.05) is 10.9 Å². The van der Waals surface area contributed by atoms with E-state index in [9.17, 15) is 9.59 Å². The van der Waals surface area contributed by atoms with Crippen LogP contribution in [0.15, 0.2) is 12.2 Å². The van der Waals surface area contributed by atoms with Crippen molar-refractivity contribution in [3.63, 3.8) is 0 Å². The van der Waals surface area contributed by atoms with Gasteiger partial charge in [-0.3, -0.25) is 4.79 Å². The Morgan fingerprint density at radius 1 is 1.38 bits per heavy atom. The number of hydrogen-bond donors (Lipinski definition) is 2. The first-order valence-electron chi connectivity index (χ1n) is 7.07. The number of esters is 1. The summed E-state index contributed by atoms with van der Waals surface area (Å²) in [6.45, 7) is 0. The molecule has 0 radical (unpaired) electrons. The molecule has 0 saturated carbocycles. The number of nitrogens with two attached hydrogens (primary N) is 1. The number of methoxy groups -OCH3 is 1. The molecule has 0 fully saturated rings. The molecule has 2 unspecified atom stereocenters. The fraction of sp³-hybridized carbons (Fsp3) is 0.467. The highest BCUT2D eigenvalue weighted by atomic mass is 32.1. The van der Waals surface area contributed by atoms with Crippen molar-refractivity contribution in [2.24, 2.45) is 11.7 Å². The number of carbonyl (C=O) groups excluding carboxylic acids is 2. The van der Waals surface area contributed by atoms with Crippen molar-refractivity contribution in [2.75, 3.05) is 12.4 Å². The van der Waals surface area contributed by atoms with Crippen LogP contribution in [0.25, 0.3) is 0 Å². The molecule has 3 rings (SSSR count). The second-order valence-electron chi connectivity index (χ2n) is 5.43. The molecule has 2 aliphatic carbocycles. The van der Waals surface area contributed by atoms with E-state index >= 15 is 0 Å². The molecule has 0 saturated heterocycles. The van der Waals surface area contributed by atoms with Crippen LogP contribution in [0.4, 0.5) is 5.00 Å². The zero-order chi connectivity index (χ0) is 15.0. The Hall–Kier alpha value is -1.66. The predicted molar refractivity (Wildman–Crippen MR) is 81.5 cm³/mol. The first kappa shape index (κ1) is 14.3. The monoisotopic (exact) mass is 306 g/mol. The SMILES string of the molecule is COC(=O)c1c(NC(=O)C2C=CC(N)C2)sc2c1CCC2. The maximum atomic E-state index is 12.3. The second-order valence-corrected chi connectivity index (χ2v) is 6.54. The second kappa shape index (κ2) is 5.61. The van der Waals surface area contributed by atoms with Crippen molar-refractivity contribution in [1.29, 1.82) is 0 Å². The fourth-order valence-electron chi connectivity index (χ4n) is 2.94. The van der Waals surface area contributed by atoms with E-state index < -0.39 is 0 Å². The van der Waals surface area contributed by atoms with Gasteiger partial charge in [-0.1, -0.05) is 12.2 Å². The Kier molecular flexibility index (Phi) is 3.82. The number of anilines is 1. The van der Waals surface area contributed by atoms with Crippen molar-refractivity contribution in [1.82, 2.24) is 0 Å². The van der Waals surface area contributed by atoms with Gasteiger partial charge in [-0.15, -0.1) is 11.3 Å².